The molecule has 88 valence electrons. The van der Waals surface area contributed by atoms with Crippen molar-refractivity contribution in [2.75, 3.05) is 33.0 Å². The van der Waals surface area contributed by atoms with Gasteiger partial charge in [-0.3, -0.25) is 4.90 Å². The largest absolute Gasteiger partial charge is 0.380 e. The van der Waals surface area contributed by atoms with Gasteiger partial charge in [-0.25, -0.2) is 0 Å². The normalized spacial score (nSPS) is 39.2. The predicted octanol–water partition coefficient (Wildman–Crippen LogP) is 0.213. The van der Waals surface area contributed by atoms with E-state index in [1.54, 1.807) is 0 Å². The zero-order chi connectivity index (χ0) is 10.7. The smallest absolute Gasteiger partial charge is 0.0637 e. The number of nitrogens with two attached hydrogens (primary N) is 1. The van der Waals surface area contributed by atoms with Gasteiger partial charge in [-0.05, 0) is 12.8 Å². The number of nitrogens with zero attached hydrogens (tertiary/aromatic N) is 1. The summed E-state index contributed by atoms with van der Waals surface area (Å²) in [6.07, 6.45) is 2.11. The second-order valence-corrected chi connectivity index (χ2v) is 4.47. The van der Waals surface area contributed by atoms with E-state index in [1.807, 2.05) is 0 Å². The monoisotopic (exact) mass is 214 g/mol. The van der Waals surface area contributed by atoms with Crippen molar-refractivity contribution in [2.45, 2.75) is 37.9 Å². The Kier molecular flexibility index (Phi) is 3.97. The van der Waals surface area contributed by atoms with Gasteiger partial charge in [0, 0.05) is 31.3 Å². The molecule has 0 aromatic heterocycles. The maximum Gasteiger partial charge on any atom is 0.0637 e. The molecule has 0 aromatic rings. The lowest BCUT2D eigenvalue weighted by Gasteiger charge is -2.44. The molecular weight excluding hydrogens is 192 g/mol. The Hall–Kier alpha value is -0.160. The lowest BCUT2D eigenvalue weighted by Crippen LogP contribution is -2.60. The molecule has 2 fully saturated rings. The number of rotatable bonds is 2. The third-order valence-electron chi connectivity index (χ3n) is 3.55. The Balaban J connectivity index is 1.99. The van der Waals surface area contributed by atoms with Crippen LogP contribution in [-0.4, -0.2) is 56.0 Å². The fourth-order valence-corrected chi connectivity index (χ4v) is 2.54. The summed E-state index contributed by atoms with van der Waals surface area (Å²) in [6, 6.07) is 1.19. The first-order chi connectivity index (χ1) is 7.33. The lowest BCUT2D eigenvalue weighted by atomic mass is 9.99. The first kappa shape index (κ1) is 11.3. The van der Waals surface area contributed by atoms with Crippen molar-refractivity contribution >= 4 is 0 Å². The van der Waals surface area contributed by atoms with Crippen LogP contribution >= 0.6 is 0 Å². The van der Waals surface area contributed by atoms with Gasteiger partial charge >= 0.3 is 0 Å². The predicted molar refractivity (Wildman–Crippen MR) is 58.8 cm³/mol. The second-order valence-electron chi connectivity index (χ2n) is 4.47. The van der Waals surface area contributed by atoms with E-state index in [4.69, 9.17) is 15.2 Å². The van der Waals surface area contributed by atoms with Gasteiger partial charge in [0.15, 0.2) is 0 Å². The first-order valence-electron chi connectivity index (χ1n) is 5.99. The zero-order valence-electron chi connectivity index (χ0n) is 9.52. The van der Waals surface area contributed by atoms with Crippen molar-refractivity contribution < 1.29 is 9.47 Å². The van der Waals surface area contributed by atoms with Crippen LogP contribution in [0, 0.1) is 0 Å². The van der Waals surface area contributed by atoms with Crippen LogP contribution in [0.3, 0.4) is 0 Å². The summed E-state index contributed by atoms with van der Waals surface area (Å²) in [5.41, 5.74) is 6.16. The number of hydrogen-bond donors (Lipinski definition) is 1. The Bertz CT molecular complexity index is 201. The van der Waals surface area contributed by atoms with E-state index in [0.29, 0.717) is 12.1 Å². The molecule has 2 aliphatic rings. The van der Waals surface area contributed by atoms with E-state index in [1.165, 1.54) is 0 Å². The van der Waals surface area contributed by atoms with Crippen LogP contribution in [-0.2, 0) is 9.47 Å². The Morgan fingerprint density at radius 1 is 1.27 bits per heavy atom. The van der Waals surface area contributed by atoms with Gasteiger partial charge in [0.1, 0.15) is 0 Å². The molecule has 0 saturated carbocycles. The van der Waals surface area contributed by atoms with Crippen molar-refractivity contribution in [1.82, 2.24) is 4.90 Å². The third kappa shape index (κ3) is 2.50. The molecule has 0 spiro atoms. The lowest BCUT2D eigenvalue weighted by molar-refractivity contribution is -0.0716. The molecule has 2 N–H and O–H groups in total. The molecule has 3 atom stereocenters. The molecule has 2 rings (SSSR count). The van der Waals surface area contributed by atoms with Gasteiger partial charge in [-0.15, -0.1) is 0 Å². The van der Waals surface area contributed by atoms with Gasteiger partial charge in [0.25, 0.3) is 0 Å². The van der Waals surface area contributed by atoms with E-state index in [2.05, 4.69) is 11.8 Å². The molecule has 15 heavy (non-hydrogen) atoms. The number of hydrogen-bond acceptors (Lipinski definition) is 4. The van der Waals surface area contributed by atoms with Gasteiger partial charge in [0.05, 0.1) is 19.8 Å². The first-order valence-corrected chi connectivity index (χ1v) is 5.99. The fraction of sp³-hybridized carbons (Fsp3) is 1.00. The standard InChI is InChI=1S/C11H22N2O2/c1-2-9-7-15-6-4-13(9)11-8-14-5-3-10(11)12/h9-11H,2-8,12H2,1H3. The minimum atomic E-state index is 0.269. The van der Waals surface area contributed by atoms with Crippen LogP contribution in [0.25, 0.3) is 0 Å². The van der Waals surface area contributed by atoms with Crippen LogP contribution < -0.4 is 5.73 Å². The fourth-order valence-electron chi connectivity index (χ4n) is 2.54. The van der Waals surface area contributed by atoms with Crippen molar-refractivity contribution in [3.05, 3.63) is 0 Å². The van der Waals surface area contributed by atoms with E-state index < -0.39 is 0 Å². The minimum Gasteiger partial charge on any atom is -0.380 e. The van der Waals surface area contributed by atoms with Crippen molar-refractivity contribution in [3.63, 3.8) is 0 Å². The highest BCUT2D eigenvalue weighted by atomic mass is 16.5. The third-order valence-corrected chi connectivity index (χ3v) is 3.55. The molecule has 4 heteroatoms. The average molecular weight is 214 g/mol. The maximum absolute atomic E-state index is 6.16. The summed E-state index contributed by atoms with van der Waals surface area (Å²) in [7, 11) is 0. The SMILES string of the molecule is CCC1COCCN1C1COCCC1N. The maximum atomic E-state index is 6.16. The molecule has 3 unspecified atom stereocenters. The number of ether oxygens (including phenoxy) is 2. The van der Waals surface area contributed by atoms with Crippen molar-refractivity contribution in [3.8, 4) is 0 Å². The van der Waals surface area contributed by atoms with Gasteiger partial charge in [-0.1, -0.05) is 6.92 Å². The summed E-state index contributed by atoms with van der Waals surface area (Å²) in [5, 5.41) is 0. The highest BCUT2D eigenvalue weighted by Gasteiger charge is 2.33. The molecule has 4 nitrogen and oxygen atoms in total. The molecule has 0 bridgehead atoms. The van der Waals surface area contributed by atoms with E-state index in [0.717, 1.165) is 45.8 Å². The quantitative estimate of drug-likeness (QED) is 0.714. The molecule has 0 aliphatic carbocycles. The zero-order valence-corrected chi connectivity index (χ0v) is 9.52. The molecule has 2 aliphatic heterocycles. The van der Waals surface area contributed by atoms with Gasteiger partial charge in [0.2, 0.25) is 0 Å². The second kappa shape index (κ2) is 5.25. The molecule has 0 aromatic carbocycles. The number of morpholine rings is 1. The van der Waals surface area contributed by atoms with Crippen LogP contribution in [0.5, 0.6) is 0 Å². The summed E-state index contributed by atoms with van der Waals surface area (Å²) < 4.78 is 11.0. The van der Waals surface area contributed by atoms with Crippen LogP contribution in [0.15, 0.2) is 0 Å². The summed E-state index contributed by atoms with van der Waals surface area (Å²) in [6.45, 7) is 6.50. The molecule has 2 saturated heterocycles. The van der Waals surface area contributed by atoms with Crippen LogP contribution in [0.1, 0.15) is 19.8 Å². The minimum absolute atomic E-state index is 0.269. The van der Waals surface area contributed by atoms with E-state index >= 15 is 0 Å². The van der Waals surface area contributed by atoms with Crippen LogP contribution in [0.4, 0.5) is 0 Å². The Labute approximate surface area is 91.7 Å². The van der Waals surface area contributed by atoms with E-state index in [9.17, 15) is 0 Å². The molecule has 0 radical (unpaired) electrons. The summed E-state index contributed by atoms with van der Waals surface area (Å²) in [5.74, 6) is 0. The molecular formula is C11H22N2O2. The highest BCUT2D eigenvalue weighted by molar-refractivity contribution is 4.89. The molecule has 0 amide bonds. The topological polar surface area (TPSA) is 47.7 Å². The van der Waals surface area contributed by atoms with Gasteiger partial charge in [-0.2, -0.15) is 0 Å². The Morgan fingerprint density at radius 3 is 2.80 bits per heavy atom. The van der Waals surface area contributed by atoms with Crippen molar-refractivity contribution in [1.29, 1.82) is 0 Å². The average Bonchev–Trinajstić information content (AvgIpc) is 2.30. The Morgan fingerprint density at radius 2 is 2.07 bits per heavy atom. The molecule has 2 heterocycles. The highest BCUT2D eigenvalue weighted by Crippen LogP contribution is 2.19. The van der Waals surface area contributed by atoms with Crippen molar-refractivity contribution in [2.24, 2.45) is 5.73 Å². The van der Waals surface area contributed by atoms with E-state index in [-0.39, 0.29) is 6.04 Å². The summed E-state index contributed by atoms with van der Waals surface area (Å²) in [4.78, 5) is 2.49. The summed E-state index contributed by atoms with van der Waals surface area (Å²) >= 11 is 0. The van der Waals surface area contributed by atoms with Gasteiger partial charge < -0.3 is 15.2 Å². The van der Waals surface area contributed by atoms with Crippen LogP contribution in [0.2, 0.25) is 0 Å².